The monoisotopic (exact) mass is 378 g/mol. The molecule has 146 valence electrons. The van der Waals surface area contributed by atoms with Gasteiger partial charge in [0.2, 0.25) is 5.91 Å². The summed E-state index contributed by atoms with van der Waals surface area (Å²) in [7, 11) is 0. The van der Waals surface area contributed by atoms with Gasteiger partial charge in [0.25, 0.3) is 0 Å². The number of amides is 1. The van der Waals surface area contributed by atoms with E-state index in [9.17, 15) is 4.79 Å². The topological polar surface area (TPSA) is 98.4 Å². The highest BCUT2D eigenvalue weighted by Gasteiger charge is 2.30. The van der Waals surface area contributed by atoms with Crippen LogP contribution in [0.5, 0.6) is 0 Å². The standard InChI is InChI=1S/C22H26N4O2/c23-12-4-3-10-19(24)22(27)26-13-11-20-18(14-26)21(25-28-20)17-9-5-7-15-6-1-2-8-16(15)17/h1-2,5-9,19H,3-4,10-14,23-24H2/t19-/m0/s1. The molecule has 1 aliphatic rings. The summed E-state index contributed by atoms with van der Waals surface area (Å²) in [5, 5.41) is 6.64. The molecule has 28 heavy (non-hydrogen) atoms. The molecule has 0 radical (unpaired) electrons. The maximum Gasteiger partial charge on any atom is 0.239 e. The first kappa shape index (κ1) is 18.7. The number of benzene rings is 2. The third kappa shape index (κ3) is 3.53. The van der Waals surface area contributed by atoms with Crippen molar-refractivity contribution in [1.82, 2.24) is 10.1 Å². The van der Waals surface area contributed by atoms with Gasteiger partial charge in [-0.05, 0) is 30.2 Å². The molecule has 1 amide bonds. The lowest BCUT2D eigenvalue weighted by Crippen LogP contribution is -2.45. The molecule has 0 bridgehead atoms. The van der Waals surface area contributed by atoms with Crippen LogP contribution in [0.2, 0.25) is 0 Å². The Labute approximate surface area is 164 Å². The molecule has 6 heteroatoms. The zero-order chi connectivity index (χ0) is 19.5. The summed E-state index contributed by atoms with van der Waals surface area (Å²) in [6, 6.07) is 13.9. The second kappa shape index (κ2) is 8.12. The van der Waals surface area contributed by atoms with E-state index in [0.717, 1.165) is 46.2 Å². The lowest BCUT2D eigenvalue weighted by atomic mass is 9.96. The second-order valence-corrected chi connectivity index (χ2v) is 7.36. The Morgan fingerprint density at radius 1 is 1.18 bits per heavy atom. The Morgan fingerprint density at radius 3 is 2.86 bits per heavy atom. The molecular formula is C22H26N4O2. The van der Waals surface area contributed by atoms with Gasteiger partial charge in [0.1, 0.15) is 11.5 Å². The van der Waals surface area contributed by atoms with Crippen molar-refractivity contribution < 1.29 is 9.32 Å². The van der Waals surface area contributed by atoms with Crippen molar-refractivity contribution >= 4 is 16.7 Å². The Bertz CT molecular complexity index is 976. The van der Waals surface area contributed by atoms with E-state index in [2.05, 4.69) is 29.4 Å². The van der Waals surface area contributed by atoms with Crippen LogP contribution in [0.1, 0.15) is 30.6 Å². The van der Waals surface area contributed by atoms with Gasteiger partial charge in [0.05, 0.1) is 12.6 Å². The highest BCUT2D eigenvalue weighted by atomic mass is 16.5. The van der Waals surface area contributed by atoms with Crippen molar-refractivity contribution in [3.8, 4) is 11.3 Å². The Hall–Kier alpha value is -2.70. The molecule has 0 aliphatic carbocycles. The lowest BCUT2D eigenvalue weighted by molar-refractivity contribution is -0.133. The molecule has 0 saturated heterocycles. The van der Waals surface area contributed by atoms with Crippen LogP contribution in [-0.2, 0) is 17.8 Å². The van der Waals surface area contributed by atoms with E-state index >= 15 is 0 Å². The second-order valence-electron chi connectivity index (χ2n) is 7.36. The van der Waals surface area contributed by atoms with Gasteiger partial charge in [-0.2, -0.15) is 0 Å². The summed E-state index contributed by atoms with van der Waals surface area (Å²) < 4.78 is 5.63. The van der Waals surface area contributed by atoms with Crippen molar-refractivity contribution in [1.29, 1.82) is 0 Å². The molecule has 0 unspecified atom stereocenters. The van der Waals surface area contributed by atoms with E-state index in [0.29, 0.717) is 32.5 Å². The van der Waals surface area contributed by atoms with E-state index in [1.165, 1.54) is 0 Å². The molecule has 6 nitrogen and oxygen atoms in total. The third-order valence-corrected chi connectivity index (χ3v) is 5.47. The summed E-state index contributed by atoms with van der Waals surface area (Å²) in [6.07, 6.45) is 3.09. The number of nitrogens with zero attached hydrogens (tertiary/aromatic N) is 2. The Balaban J connectivity index is 1.59. The molecule has 0 fully saturated rings. The predicted molar refractivity (Wildman–Crippen MR) is 109 cm³/mol. The lowest BCUT2D eigenvalue weighted by Gasteiger charge is -2.28. The maximum atomic E-state index is 12.8. The molecule has 0 spiro atoms. The number of fused-ring (bicyclic) bond motifs is 2. The van der Waals surface area contributed by atoms with Crippen molar-refractivity contribution in [2.75, 3.05) is 13.1 Å². The van der Waals surface area contributed by atoms with Gasteiger partial charge in [-0.3, -0.25) is 4.79 Å². The molecule has 4 rings (SSSR count). The number of aromatic nitrogens is 1. The highest BCUT2D eigenvalue weighted by molar-refractivity contribution is 5.96. The SMILES string of the molecule is NCCCC[C@H](N)C(=O)N1CCc2onc(-c3cccc4ccccc34)c2C1. The molecule has 0 saturated carbocycles. The molecule has 2 heterocycles. The first-order chi connectivity index (χ1) is 13.7. The summed E-state index contributed by atoms with van der Waals surface area (Å²) in [6.45, 7) is 1.73. The van der Waals surface area contributed by atoms with Crippen molar-refractivity contribution in [2.24, 2.45) is 11.5 Å². The minimum Gasteiger partial charge on any atom is -0.360 e. The number of unbranched alkanes of at least 4 members (excludes halogenated alkanes) is 1. The van der Waals surface area contributed by atoms with E-state index in [1.54, 1.807) is 0 Å². The minimum absolute atomic E-state index is 0.00672. The van der Waals surface area contributed by atoms with Gasteiger partial charge in [-0.25, -0.2) is 0 Å². The molecule has 4 N–H and O–H groups in total. The van der Waals surface area contributed by atoms with Crippen molar-refractivity contribution in [2.45, 2.75) is 38.3 Å². The largest absolute Gasteiger partial charge is 0.360 e. The number of nitrogens with two attached hydrogens (primary N) is 2. The average Bonchev–Trinajstić information content (AvgIpc) is 3.16. The van der Waals surface area contributed by atoms with Crippen LogP contribution < -0.4 is 11.5 Å². The summed E-state index contributed by atoms with van der Waals surface area (Å²) in [4.78, 5) is 14.6. The van der Waals surface area contributed by atoms with E-state index < -0.39 is 6.04 Å². The zero-order valence-corrected chi connectivity index (χ0v) is 15.9. The van der Waals surface area contributed by atoms with Crippen LogP contribution in [0.3, 0.4) is 0 Å². The first-order valence-corrected chi connectivity index (χ1v) is 9.89. The maximum absolute atomic E-state index is 12.8. The normalized spacial score (nSPS) is 14.9. The van der Waals surface area contributed by atoms with Crippen LogP contribution in [0.15, 0.2) is 47.0 Å². The predicted octanol–water partition coefficient (Wildman–Crippen LogP) is 2.84. The molecular weight excluding hydrogens is 352 g/mol. The van der Waals surface area contributed by atoms with E-state index in [4.69, 9.17) is 16.0 Å². The number of carbonyl (C=O) groups excluding carboxylic acids is 1. The molecule has 2 aromatic carbocycles. The van der Waals surface area contributed by atoms with E-state index in [-0.39, 0.29) is 5.91 Å². The van der Waals surface area contributed by atoms with Gasteiger partial charge >= 0.3 is 0 Å². The van der Waals surface area contributed by atoms with Gasteiger partial charge in [0.15, 0.2) is 0 Å². The highest BCUT2D eigenvalue weighted by Crippen LogP contribution is 2.34. The van der Waals surface area contributed by atoms with Crippen LogP contribution in [0, 0.1) is 0 Å². The summed E-state index contributed by atoms with van der Waals surface area (Å²) in [5.74, 6) is 0.858. The number of rotatable bonds is 6. The quantitative estimate of drug-likeness (QED) is 0.643. The zero-order valence-electron chi connectivity index (χ0n) is 15.9. The van der Waals surface area contributed by atoms with Crippen LogP contribution in [0.25, 0.3) is 22.0 Å². The average molecular weight is 378 g/mol. The third-order valence-electron chi connectivity index (χ3n) is 5.47. The van der Waals surface area contributed by atoms with Crippen LogP contribution in [0.4, 0.5) is 0 Å². The molecule has 1 aromatic heterocycles. The van der Waals surface area contributed by atoms with Crippen molar-refractivity contribution in [3.63, 3.8) is 0 Å². The number of hydrogen-bond acceptors (Lipinski definition) is 5. The fourth-order valence-corrected chi connectivity index (χ4v) is 3.91. The van der Waals surface area contributed by atoms with E-state index in [1.807, 2.05) is 23.1 Å². The first-order valence-electron chi connectivity index (χ1n) is 9.89. The number of hydrogen-bond donors (Lipinski definition) is 2. The Morgan fingerprint density at radius 2 is 2.00 bits per heavy atom. The van der Waals surface area contributed by atoms with Gasteiger partial charge < -0.3 is 20.9 Å². The van der Waals surface area contributed by atoms with Crippen molar-refractivity contribution in [3.05, 3.63) is 53.8 Å². The van der Waals surface area contributed by atoms with Crippen LogP contribution >= 0.6 is 0 Å². The smallest absolute Gasteiger partial charge is 0.239 e. The number of carbonyl (C=O) groups is 1. The fourth-order valence-electron chi connectivity index (χ4n) is 3.91. The molecule has 1 atom stereocenters. The summed E-state index contributed by atoms with van der Waals surface area (Å²) in [5.41, 5.74) is 14.5. The fraction of sp³-hybridized carbons (Fsp3) is 0.364. The van der Waals surface area contributed by atoms with Gasteiger partial charge in [0, 0.05) is 24.1 Å². The molecule has 3 aromatic rings. The molecule has 1 aliphatic heterocycles. The minimum atomic E-state index is -0.478. The Kier molecular flexibility index (Phi) is 5.41. The van der Waals surface area contributed by atoms with Gasteiger partial charge in [-0.1, -0.05) is 54.0 Å². The van der Waals surface area contributed by atoms with Gasteiger partial charge in [-0.15, -0.1) is 0 Å². The summed E-state index contributed by atoms with van der Waals surface area (Å²) >= 11 is 0. The van der Waals surface area contributed by atoms with Crippen LogP contribution in [-0.4, -0.2) is 35.1 Å².